The summed E-state index contributed by atoms with van der Waals surface area (Å²) in [5.74, 6) is 0.291. The number of carbonyl (C=O) groups excluding carboxylic acids is 2. The number of unbranched alkanes of at least 4 members (excludes halogenated alkanes) is 2. The summed E-state index contributed by atoms with van der Waals surface area (Å²) in [4.78, 5) is 26.8. The molecular formula is C23H24N2O5S2. The lowest BCUT2D eigenvalue weighted by Crippen LogP contribution is -2.29. The maximum Gasteiger partial charge on any atom is 0.266 e. The van der Waals surface area contributed by atoms with E-state index in [1.807, 2.05) is 0 Å². The molecule has 0 aliphatic carbocycles. The van der Waals surface area contributed by atoms with Gasteiger partial charge in [-0.05, 0) is 60.9 Å². The number of phenolic OH excluding ortho intramolecular Hbond substituents is 2. The molecule has 0 spiro atoms. The van der Waals surface area contributed by atoms with Crippen LogP contribution in [0.25, 0.3) is 6.08 Å². The van der Waals surface area contributed by atoms with E-state index in [-0.39, 0.29) is 23.3 Å². The molecule has 1 heterocycles. The van der Waals surface area contributed by atoms with Gasteiger partial charge in [-0.1, -0.05) is 36.5 Å². The number of amides is 2. The van der Waals surface area contributed by atoms with E-state index in [9.17, 15) is 19.8 Å². The number of hydrogen-bond donors (Lipinski definition) is 3. The van der Waals surface area contributed by atoms with Crippen LogP contribution in [0.5, 0.6) is 17.2 Å². The SMILES string of the molecule is COc1cc(/C=C2\SC(=S)N(CCCCCC(=O)Nc3ccc(O)cc3)C2=O)ccc1O. The number of hydrogen-bond acceptors (Lipinski definition) is 7. The molecule has 32 heavy (non-hydrogen) atoms. The zero-order valence-corrected chi connectivity index (χ0v) is 19.2. The summed E-state index contributed by atoms with van der Waals surface area (Å²) in [5, 5.41) is 21.8. The van der Waals surface area contributed by atoms with Crippen LogP contribution in [0.15, 0.2) is 47.4 Å². The maximum absolute atomic E-state index is 12.7. The van der Waals surface area contributed by atoms with Gasteiger partial charge < -0.3 is 20.3 Å². The van der Waals surface area contributed by atoms with Crippen molar-refractivity contribution in [3.05, 3.63) is 52.9 Å². The lowest BCUT2D eigenvalue weighted by molar-refractivity contribution is -0.122. The van der Waals surface area contributed by atoms with Crippen molar-refractivity contribution in [1.82, 2.24) is 4.90 Å². The van der Waals surface area contributed by atoms with Crippen LogP contribution in [-0.4, -0.2) is 44.9 Å². The highest BCUT2D eigenvalue weighted by Crippen LogP contribution is 2.34. The molecule has 2 amide bonds. The van der Waals surface area contributed by atoms with Crippen molar-refractivity contribution < 1.29 is 24.5 Å². The Hall–Kier alpha value is -3.04. The van der Waals surface area contributed by atoms with Crippen molar-refractivity contribution in [2.45, 2.75) is 25.7 Å². The number of methoxy groups -OCH3 is 1. The number of thioether (sulfide) groups is 1. The van der Waals surface area contributed by atoms with Crippen molar-refractivity contribution in [3.8, 4) is 17.2 Å². The summed E-state index contributed by atoms with van der Waals surface area (Å²) in [5.41, 5.74) is 1.38. The number of rotatable bonds is 9. The summed E-state index contributed by atoms with van der Waals surface area (Å²) in [6, 6.07) is 11.2. The first-order chi connectivity index (χ1) is 15.4. The highest BCUT2D eigenvalue weighted by atomic mass is 32.2. The molecule has 0 radical (unpaired) electrons. The molecule has 168 valence electrons. The number of ether oxygens (including phenoxy) is 1. The first-order valence-electron chi connectivity index (χ1n) is 10.1. The first kappa shape index (κ1) is 23.6. The molecule has 0 bridgehead atoms. The van der Waals surface area contributed by atoms with Gasteiger partial charge in [-0.3, -0.25) is 14.5 Å². The largest absolute Gasteiger partial charge is 0.508 e. The maximum atomic E-state index is 12.7. The Kier molecular flexibility index (Phi) is 8.13. The molecule has 1 aliphatic rings. The molecule has 1 fully saturated rings. The molecule has 7 nitrogen and oxygen atoms in total. The summed E-state index contributed by atoms with van der Waals surface area (Å²) in [6.07, 6.45) is 4.33. The molecule has 1 aliphatic heterocycles. The quantitative estimate of drug-likeness (QED) is 0.214. The van der Waals surface area contributed by atoms with Crippen molar-refractivity contribution in [3.63, 3.8) is 0 Å². The predicted molar refractivity (Wildman–Crippen MR) is 130 cm³/mol. The van der Waals surface area contributed by atoms with Gasteiger partial charge in [0.25, 0.3) is 5.91 Å². The van der Waals surface area contributed by atoms with E-state index >= 15 is 0 Å². The highest BCUT2D eigenvalue weighted by Gasteiger charge is 2.31. The molecule has 2 aromatic carbocycles. The van der Waals surface area contributed by atoms with Gasteiger partial charge in [-0.2, -0.15) is 0 Å². The van der Waals surface area contributed by atoms with Crippen molar-refractivity contribution in [1.29, 1.82) is 0 Å². The zero-order valence-electron chi connectivity index (χ0n) is 17.5. The molecule has 3 N–H and O–H groups in total. The van der Waals surface area contributed by atoms with Gasteiger partial charge >= 0.3 is 0 Å². The summed E-state index contributed by atoms with van der Waals surface area (Å²) < 4.78 is 5.62. The number of thiocarbonyl (C=S) groups is 1. The van der Waals surface area contributed by atoms with Crippen molar-refractivity contribution in [2.24, 2.45) is 0 Å². The van der Waals surface area contributed by atoms with Crippen LogP contribution in [0, 0.1) is 0 Å². The topological polar surface area (TPSA) is 99.1 Å². The van der Waals surface area contributed by atoms with E-state index < -0.39 is 0 Å². The van der Waals surface area contributed by atoms with E-state index in [1.165, 1.54) is 37.1 Å². The number of nitrogens with one attached hydrogen (secondary N) is 1. The number of carbonyl (C=O) groups is 2. The fourth-order valence-corrected chi connectivity index (χ4v) is 4.44. The minimum atomic E-state index is -0.142. The molecule has 9 heteroatoms. The average molecular weight is 473 g/mol. The van der Waals surface area contributed by atoms with Crippen molar-refractivity contribution in [2.75, 3.05) is 19.0 Å². The van der Waals surface area contributed by atoms with Crippen LogP contribution < -0.4 is 10.1 Å². The summed E-state index contributed by atoms with van der Waals surface area (Å²) >= 11 is 6.61. The Bertz CT molecular complexity index is 1040. The van der Waals surface area contributed by atoms with Crippen LogP contribution in [0.3, 0.4) is 0 Å². The fourth-order valence-electron chi connectivity index (χ4n) is 3.13. The van der Waals surface area contributed by atoms with Gasteiger partial charge in [0.05, 0.1) is 12.0 Å². The van der Waals surface area contributed by atoms with Crippen molar-refractivity contribution >= 4 is 51.9 Å². The van der Waals surface area contributed by atoms with Crippen LogP contribution in [0.4, 0.5) is 5.69 Å². The minimum absolute atomic E-state index is 0.0361. The highest BCUT2D eigenvalue weighted by molar-refractivity contribution is 8.26. The smallest absolute Gasteiger partial charge is 0.266 e. The normalized spacial score (nSPS) is 14.8. The van der Waals surface area contributed by atoms with E-state index in [0.29, 0.717) is 40.0 Å². The van der Waals surface area contributed by atoms with Gasteiger partial charge in [0.15, 0.2) is 11.5 Å². The second-order valence-corrected chi connectivity index (χ2v) is 8.85. The monoisotopic (exact) mass is 472 g/mol. The first-order valence-corrected chi connectivity index (χ1v) is 11.3. The minimum Gasteiger partial charge on any atom is -0.508 e. The lowest BCUT2D eigenvalue weighted by atomic mass is 10.1. The number of nitrogens with zero attached hydrogens (tertiary/aromatic N) is 1. The lowest BCUT2D eigenvalue weighted by Gasteiger charge is -2.14. The molecule has 0 unspecified atom stereocenters. The Labute approximate surface area is 196 Å². The van der Waals surface area contributed by atoms with Gasteiger partial charge in [-0.15, -0.1) is 0 Å². The van der Waals surface area contributed by atoms with Crippen LogP contribution in [0.2, 0.25) is 0 Å². The number of phenols is 2. The van der Waals surface area contributed by atoms with Crippen LogP contribution in [-0.2, 0) is 9.59 Å². The molecular weight excluding hydrogens is 448 g/mol. The van der Waals surface area contributed by atoms with Gasteiger partial charge in [0.1, 0.15) is 10.1 Å². The summed E-state index contributed by atoms with van der Waals surface area (Å²) in [6.45, 7) is 0.500. The Balaban J connectivity index is 1.44. The Morgan fingerprint density at radius 2 is 1.91 bits per heavy atom. The second kappa shape index (κ2) is 11.0. The molecule has 0 aromatic heterocycles. The zero-order chi connectivity index (χ0) is 23.1. The molecule has 3 rings (SSSR count). The summed E-state index contributed by atoms with van der Waals surface area (Å²) in [7, 11) is 1.47. The van der Waals surface area contributed by atoms with Gasteiger partial charge in [0, 0.05) is 18.7 Å². The van der Waals surface area contributed by atoms with Crippen LogP contribution in [0.1, 0.15) is 31.2 Å². The molecule has 0 saturated carbocycles. The second-order valence-electron chi connectivity index (χ2n) is 7.17. The third kappa shape index (κ3) is 6.24. The molecule has 2 aromatic rings. The Morgan fingerprint density at radius 1 is 1.16 bits per heavy atom. The third-order valence-corrected chi connectivity index (χ3v) is 6.19. The standard InChI is InChI=1S/C23H24N2O5S2/c1-30-19-13-15(6-11-18(19)27)14-20-22(29)25(23(31)32-20)12-4-2-3-5-21(28)24-16-7-9-17(26)10-8-16/h6-11,13-14,26-27H,2-5,12H2,1H3,(H,24,28)/b20-14-. The van der Waals surface area contributed by atoms with Gasteiger partial charge in [0.2, 0.25) is 5.91 Å². The van der Waals surface area contributed by atoms with E-state index in [0.717, 1.165) is 18.4 Å². The fraction of sp³-hybridized carbons (Fsp3) is 0.261. The number of benzene rings is 2. The number of anilines is 1. The van der Waals surface area contributed by atoms with E-state index in [1.54, 1.807) is 35.2 Å². The van der Waals surface area contributed by atoms with Gasteiger partial charge in [-0.25, -0.2) is 0 Å². The number of aromatic hydroxyl groups is 2. The van der Waals surface area contributed by atoms with E-state index in [4.69, 9.17) is 17.0 Å². The van der Waals surface area contributed by atoms with E-state index in [2.05, 4.69) is 5.32 Å². The van der Waals surface area contributed by atoms with Crippen LogP contribution >= 0.6 is 24.0 Å². The molecule has 1 saturated heterocycles. The Morgan fingerprint density at radius 3 is 2.62 bits per heavy atom. The average Bonchev–Trinajstić information content (AvgIpc) is 3.03. The molecule has 0 atom stereocenters. The predicted octanol–water partition coefficient (Wildman–Crippen LogP) is 4.51. The third-order valence-electron chi connectivity index (χ3n) is 4.81.